The predicted octanol–water partition coefficient (Wildman–Crippen LogP) is 4.58. The van der Waals surface area contributed by atoms with Gasteiger partial charge in [-0.05, 0) is 41.8 Å². The van der Waals surface area contributed by atoms with Crippen molar-refractivity contribution in [1.82, 2.24) is 9.80 Å². The highest BCUT2D eigenvalue weighted by atomic mass is 16.5. The van der Waals surface area contributed by atoms with Gasteiger partial charge in [0, 0.05) is 37.3 Å². The number of amides is 2. The minimum Gasteiger partial charge on any atom is -0.489 e. The van der Waals surface area contributed by atoms with Crippen LogP contribution >= 0.6 is 0 Å². The summed E-state index contributed by atoms with van der Waals surface area (Å²) in [6.07, 6.45) is 1.51. The molecule has 4 rings (SSSR count). The lowest BCUT2D eigenvalue weighted by atomic mass is 10.0. The number of nitrogens with zero attached hydrogens (tertiary/aromatic N) is 2. The van der Waals surface area contributed by atoms with Crippen LogP contribution in [0.5, 0.6) is 5.75 Å². The topological polar surface area (TPSA) is 63.0 Å². The van der Waals surface area contributed by atoms with Gasteiger partial charge in [0.25, 0.3) is 11.8 Å². The summed E-state index contributed by atoms with van der Waals surface area (Å²) in [7, 11) is 0. The summed E-state index contributed by atoms with van der Waals surface area (Å²) in [5.41, 5.74) is 2.60. The van der Waals surface area contributed by atoms with Crippen LogP contribution in [0.1, 0.15) is 51.8 Å². The fourth-order valence-electron chi connectivity index (χ4n) is 3.76. The molecule has 0 saturated carbocycles. The summed E-state index contributed by atoms with van der Waals surface area (Å²) in [6, 6.07) is 19.0. The van der Waals surface area contributed by atoms with Crippen LogP contribution < -0.4 is 4.74 Å². The van der Waals surface area contributed by atoms with Crippen LogP contribution in [-0.2, 0) is 6.61 Å². The van der Waals surface area contributed by atoms with E-state index in [4.69, 9.17) is 9.15 Å². The Bertz CT molecular complexity index is 1050. The fraction of sp³-hybridized carbons (Fsp3) is 0.308. The second-order valence-corrected chi connectivity index (χ2v) is 8.24. The van der Waals surface area contributed by atoms with E-state index < -0.39 is 0 Å². The molecule has 32 heavy (non-hydrogen) atoms. The molecule has 0 unspecified atom stereocenters. The molecule has 2 heterocycles. The molecule has 0 bridgehead atoms. The van der Waals surface area contributed by atoms with E-state index in [1.54, 1.807) is 15.9 Å². The minimum absolute atomic E-state index is 0.00218. The summed E-state index contributed by atoms with van der Waals surface area (Å²) in [5, 5.41) is 0. The first-order valence-electron chi connectivity index (χ1n) is 11.0. The second kappa shape index (κ2) is 9.73. The predicted molar refractivity (Wildman–Crippen MR) is 122 cm³/mol. The van der Waals surface area contributed by atoms with Gasteiger partial charge in [-0.1, -0.05) is 44.2 Å². The normalized spacial score (nSPS) is 14.0. The van der Waals surface area contributed by atoms with Crippen LogP contribution in [-0.4, -0.2) is 47.8 Å². The highest BCUT2D eigenvalue weighted by Gasteiger charge is 2.28. The summed E-state index contributed by atoms with van der Waals surface area (Å²) in [6.45, 7) is 6.44. The van der Waals surface area contributed by atoms with E-state index in [-0.39, 0.29) is 18.4 Å². The third-order valence-electron chi connectivity index (χ3n) is 5.76. The molecule has 1 aromatic heterocycles. The van der Waals surface area contributed by atoms with Gasteiger partial charge >= 0.3 is 0 Å². The lowest BCUT2D eigenvalue weighted by molar-refractivity contribution is 0.0516. The molecule has 1 saturated heterocycles. The van der Waals surface area contributed by atoms with Crippen LogP contribution in [0, 0.1) is 0 Å². The standard InChI is InChI=1S/C26H28N2O4/c1-19(2)20-8-10-21(11-9-20)25(29)27-13-15-28(16-14-27)26(30)24-22(12-17-31-24)18-32-23-6-4-3-5-7-23/h3-12,17,19H,13-16,18H2,1-2H3. The number of piperazine rings is 1. The van der Waals surface area contributed by atoms with E-state index in [2.05, 4.69) is 13.8 Å². The first kappa shape index (κ1) is 21.7. The molecule has 0 atom stereocenters. The van der Waals surface area contributed by atoms with Gasteiger partial charge in [0.15, 0.2) is 5.76 Å². The Balaban J connectivity index is 1.34. The highest BCUT2D eigenvalue weighted by Crippen LogP contribution is 2.20. The second-order valence-electron chi connectivity index (χ2n) is 8.24. The van der Waals surface area contributed by atoms with E-state index in [9.17, 15) is 9.59 Å². The zero-order chi connectivity index (χ0) is 22.5. The Morgan fingerprint density at radius 1 is 0.875 bits per heavy atom. The van der Waals surface area contributed by atoms with Gasteiger partial charge in [0.2, 0.25) is 0 Å². The third kappa shape index (κ3) is 4.85. The molecule has 6 nitrogen and oxygen atoms in total. The average molecular weight is 433 g/mol. The molecule has 1 aliphatic rings. The van der Waals surface area contributed by atoms with Crippen LogP contribution in [0.3, 0.4) is 0 Å². The lowest BCUT2D eigenvalue weighted by Crippen LogP contribution is -2.50. The summed E-state index contributed by atoms with van der Waals surface area (Å²) in [4.78, 5) is 29.4. The molecule has 0 radical (unpaired) electrons. The van der Waals surface area contributed by atoms with Gasteiger partial charge in [-0.3, -0.25) is 9.59 Å². The van der Waals surface area contributed by atoms with Gasteiger partial charge in [-0.15, -0.1) is 0 Å². The summed E-state index contributed by atoms with van der Waals surface area (Å²) in [5.74, 6) is 1.29. The van der Waals surface area contributed by atoms with Gasteiger partial charge < -0.3 is 19.0 Å². The fourth-order valence-corrected chi connectivity index (χ4v) is 3.76. The van der Waals surface area contributed by atoms with Gasteiger partial charge in [0.05, 0.1) is 6.26 Å². The number of carbonyl (C=O) groups is 2. The van der Waals surface area contributed by atoms with Crippen molar-refractivity contribution in [3.8, 4) is 5.75 Å². The summed E-state index contributed by atoms with van der Waals surface area (Å²) < 4.78 is 11.3. The maximum Gasteiger partial charge on any atom is 0.290 e. The molecule has 1 fully saturated rings. The molecule has 166 valence electrons. The van der Waals surface area contributed by atoms with Crippen molar-refractivity contribution < 1.29 is 18.7 Å². The number of para-hydroxylation sites is 1. The smallest absolute Gasteiger partial charge is 0.290 e. The van der Waals surface area contributed by atoms with Crippen LogP contribution in [0.25, 0.3) is 0 Å². The maximum atomic E-state index is 13.0. The van der Waals surface area contributed by atoms with Crippen molar-refractivity contribution >= 4 is 11.8 Å². The zero-order valence-corrected chi connectivity index (χ0v) is 18.5. The van der Waals surface area contributed by atoms with Crippen molar-refractivity contribution in [3.63, 3.8) is 0 Å². The van der Waals surface area contributed by atoms with E-state index in [0.29, 0.717) is 49.0 Å². The Morgan fingerprint density at radius 3 is 2.12 bits per heavy atom. The van der Waals surface area contributed by atoms with Gasteiger partial charge in [-0.2, -0.15) is 0 Å². The van der Waals surface area contributed by atoms with Gasteiger partial charge in [-0.25, -0.2) is 0 Å². The molecule has 6 heteroatoms. The minimum atomic E-state index is -0.171. The van der Waals surface area contributed by atoms with Crippen LogP contribution in [0.2, 0.25) is 0 Å². The number of carbonyl (C=O) groups excluding carboxylic acids is 2. The lowest BCUT2D eigenvalue weighted by Gasteiger charge is -2.34. The van der Waals surface area contributed by atoms with Crippen molar-refractivity contribution in [2.75, 3.05) is 26.2 Å². The number of hydrogen-bond donors (Lipinski definition) is 0. The Labute approximate surface area is 188 Å². The number of hydrogen-bond acceptors (Lipinski definition) is 4. The molecule has 1 aliphatic heterocycles. The molecule has 0 spiro atoms. The Hall–Kier alpha value is -3.54. The van der Waals surface area contributed by atoms with E-state index >= 15 is 0 Å². The quantitative estimate of drug-likeness (QED) is 0.572. The molecular formula is C26H28N2O4. The van der Waals surface area contributed by atoms with Crippen LogP contribution in [0.4, 0.5) is 0 Å². The zero-order valence-electron chi connectivity index (χ0n) is 18.5. The van der Waals surface area contributed by atoms with Crippen molar-refractivity contribution in [3.05, 3.63) is 89.4 Å². The van der Waals surface area contributed by atoms with Crippen molar-refractivity contribution in [2.45, 2.75) is 26.4 Å². The van der Waals surface area contributed by atoms with Crippen molar-refractivity contribution in [1.29, 1.82) is 0 Å². The van der Waals surface area contributed by atoms with E-state index in [1.807, 2.05) is 54.6 Å². The number of benzene rings is 2. The average Bonchev–Trinajstić information content (AvgIpc) is 3.31. The third-order valence-corrected chi connectivity index (χ3v) is 5.76. The molecule has 0 aliphatic carbocycles. The Kier molecular flexibility index (Phi) is 6.59. The number of rotatable bonds is 6. The summed E-state index contributed by atoms with van der Waals surface area (Å²) >= 11 is 0. The van der Waals surface area contributed by atoms with Gasteiger partial charge in [0.1, 0.15) is 12.4 Å². The molecular weight excluding hydrogens is 404 g/mol. The first-order valence-corrected chi connectivity index (χ1v) is 11.0. The highest BCUT2D eigenvalue weighted by molar-refractivity contribution is 5.95. The van der Waals surface area contributed by atoms with E-state index in [0.717, 1.165) is 5.75 Å². The van der Waals surface area contributed by atoms with E-state index in [1.165, 1.54) is 11.8 Å². The van der Waals surface area contributed by atoms with Crippen molar-refractivity contribution in [2.24, 2.45) is 0 Å². The molecule has 3 aromatic rings. The Morgan fingerprint density at radius 2 is 1.50 bits per heavy atom. The largest absolute Gasteiger partial charge is 0.489 e. The number of ether oxygens (including phenoxy) is 1. The maximum absolute atomic E-state index is 13.0. The monoisotopic (exact) mass is 432 g/mol. The first-order chi connectivity index (χ1) is 15.5. The molecule has 0 N–H and O–H groups in total. The van der Waals surface area contributed by atoms with Crippen LogP contribution in [0.15, 0.2) is 71.3 Å². The molecule has 2 aromatic carbocycles. The SMILES string of the molecule is CC(C)c1ccc(C(=O)N2CCN(C(=O)c3occc3COc3ccccc3)CC2)cc1. The molecule has 2 amide bonds. The number of furan rings is 1.